The highest BCUT2D eigenvalue weighted by atomic mass is 32.1. The zero-order chi connectivity index (χ0) is 32.1. The molecule has 11 aromatic rings. The minimum atomic E-state index is 0.669. The smallest absolute Gasteiger partial charge is 0.235 e. The van der Waals surface area contributed by atoms with Crippen molar-refractivity contribution in [1.29, 1.82) is 0 Å². The van der Waals surface area contributed by atoms with Crippen molar-refractivity contribution in [1.82, 2.24) is 19.1 Å². The Morgan fingerprint density at radius 2 is 1.00 bits per heavy atom. The fraction of sp³-hybridized carbons (Fsp3) is 0. The molecule has 0 aliphatic rings. The van der Waals surface area contributed by atoms with Gasteiger partial charge in [-0.25, -0.2) is 9.97 Å². The monoisotopic (exact) mass is 642 g/mol. The van der Waals surface area contributed by atoms with Gasteiger partial charge in [-0.05, 0) is 41.1 Å². The summed E-state index contributed by atoms with van der Waals surface area (Å²) in [6.45, 7) is 0. The topological polar surface area (TPSA) is 35.6 Å². The lowest BCUT2D eigenvalue weighted by atomic mass is 9.99. The first-order valence-electron chi connectivity index (χ1n) is 16.5. The molecule has 7 aromatic carbocycles. The molecule has 0 amide bonds. The molecule has 0 saturated carbocycles. The number of rotatable bonds is 3. The third-order valence-electron chi connectivity index (χ3n) is 9.91. The molecule has 4 nitrogen and oxygen atoms in total. The molecule has 0 N–H and O–H groups in total. The van der Waals surface area contributed by atoms with Crippen LogP contribution in [0.15, 0.2) is 158 Å². The van der Waals surface area contributed by atoms with Crippen molar-refractivity contribution in [3.05, 3.63) is 158 Å². The summed E-state index contributed by atoms with van der Waals surface area (Å²) in [6, 6.07) is 56.1. The van der Waals surface area contributed by atoms with Gasteiger partial charge >= 0.3 is 0 Å². The van der Waals surface area contributed by atoms with Crippen molar-refractivity contribution in [3.8, 4) is 22.9 Å². The van der Waals surface area contributed by atoms with E-state index in [2.05, 4.69) is 167 Å². The minimum absolute atomic E-state index is 0.669. The average molecular weight is 643 g/mol. The number of benzene rings is 7. The first-order chi connectivity index (χ1) is 24.3. The van der Waals surface area contributed by atoms with Crippen LogP contribution in [0.1, 0.15) is 0 Å². The van der Waals surface area contributed by atoms with Gasteiger partial charge in [0.15, 0.2) is 0 Å². The molecule has 49 heavy (non-hydrogen) atoms. The summed E-state index contributed by atoms with van der Waals surface area (Å²) >= 11 is 1.86. The molecular formula is C44H26N4S. The second kappa shape index (κ2) is 10.1. The quantitative estimate of drug-likeness (QED) is 0.192. The maximum Gasteiger partial charge on any atom is 0.235 e. The van der Waals surface area contributed by atoms with Crippen molar-refractivity contribution >= 4 is 86.0 Å². The van der Waals surface area contributed by atoms with Gasteiger partial charge in [0.25, 0.3) is 0 Å². The average Bonchev–Trinajstić information content (AvgIpc) is 3.84. The molecule has 4 aromatic heterocycles. The van der Waals surface area contributed by atoms with Crippen LogP contribution in [0.4, 0.5) is 0 Å². The number of nitrogens with zero attached hydrogens (tertiary/aromatic N) is 4. The van der Waals surface area contributed by atoms with E-state index in [0.717, 1.165) is 49.9 Å². The Kier molecular flexibility index (Phi) is 5.51. The van der Waals surface area contributed by atoms with Gasteiger partial charge in [0.2, 0.25) is 5.95 Å². The maximum absolute atomic E-state index is 5.57. The number of fused-ring (bicyclic) bond motifs is 13. The van der Waals surface area contributed by atoms with Crippen LogP contribution in [-0.2, 0) is 0 Å². The zero-order valence-electron chi connectivity index (χ0n) is 26.2. The second-order valence-electron chi connectivity index (χ2n) is 12.5. The van der Waals surface area contributed by atoms with Gasteiger partial charge in [-0.2, -0.15) is 0 Å². The van der Waals surface area contributed by atoms with Crippen LogP contribution in [0.2, 0.25) is 0 Å². The van der Waals surface area contributed by atoms with Gasteiger partial charge in [-0.15, -0.1) is 11.3 Å². The number of thiophene rings is 1. The van der Waals surface area contributed by atoms with E-state index in [1.165, 1.54) is 41.7 Å². The van der Waals surface area contributed by atoms with Gasteiger partial charge in [0.1, 0.15) is 11.2 Å². The van der Waals surface area contributed by atoms with Crippen LogP contribution in [0.25, 0.3) is 97.6 Å². The molecule has 0 atom stereocenters. The first kappa shape index (κ1) is 26.7. The Morgan fingerprint density at radius 3 is 1.76 bits per heavy atom. The predicted molar refractivity (Wildman–Crippen MR) is 207 cm³/mol. The molecule has 0 radical (unpaired) electrons. The molecule has 0 fully saturated rings. The van der Waals surface area contributed by atoms with E-state index in [1.807, 2.05) is 11.3 Å². The standard InChI is InChI=1S/C44H26N4S/c1-3-15-27(16-4-1)39-42-40(32-22-10-13-25-35(32)47(42)28-17-5-2-6-18-28)46-44(45-39)48-34-24-12-9-21-31(34)37-29-19-7-8-20-30(29)38-33-23-11-14-26-36(33)49-43(38)41(37)48/h1-26H. The molecule has 0 aliphatic heterocycles. The molecular weight excluding hydrogens is 617 g/mol. The third-order valence-corrected chi connectivity index (χ3v) is 11.1. The molecule has 0 saturated heterocycles. The fourth-order valence-corrected chi connectivity index (χ4v) is 9.17. The van der Waals surface area contributed by atoms with E-state index < -0.39 is 0 Å². The zero-order valence-corrected chi connectivity index (χ0v) is 27.0. The fourth-order valence-electron chi connectivity index (χ4n) is 7.91. The van der Waals surface area contributed by atoms with Crippen molar-refractivity contribution in [2.75, 3.05) is 0 Å². The van der Waals surface area contributed by atoms with Crippen LogP contribution >= 0.6 is 11.3 Å². The Hall–Kier alpha value is -6.30. The van der Waals surface area contributed by atoms with Gasteiger partial charge < -0.3 is 4.57 Å². The third kappa shape index (κ3) is 3.68. The largest absolute Gasteiger partial charge is 0.306 e. The van der Waals surface area contributed by atoms with Gasteiger partial charge in [0, 0.05) is 42.9 Å². The number of aromatic nitrogens is 4. The summed E-state index contributed by atoms with van der Waals surface area (Å²) in [6.07, 6.45) is 0. The van der Waals surface area contributed by atoms with Gasteiger partial charge in [-0.3, -0.25) is 4.57 Å². The SMILES string of the molecule is c1ccc(-c2nc(-n3c4ccccc4c4c5ccccc5c5c6ccccc6sc5c43)nc3c4ccccc4n(-c4ccccc4)c23)cc1. The van der Waals surface area contributed by atoms with E-state index >= 15 is 0 Å². The molecule has 0 bridgehead atoms. The number of para-hydroxylation sites is 3. The van der Waals surface area contributed by atoms with Crippen molar-refractivity contribution in [3.63, 3.8) is 0 Å². The lowest BCUT2D eigenvalue weighted by molar-refractivity contribution is 1.01. The van der Waals surface area contributed by atoms with Crippen LogP contribution in [0, 0.1) is 0 Å². The molecule has 228 valence electrons. The number of hydrogen-bond donors (Lipinski definition) is 0. The Morgan fingerprint density at radius 1 is 0.429 bits per heavy atom. The van der Waals surface area contributed by atoms with Crippen LogP contribution < -0.4 is 0 Å². The first-order valence-corrected chi connectivity index (χ1v) is 17.3. The second-order valence-corrected chi connectivity index (χ2v) is 13.6. The van der Waals surface area contributed by atoms with E-state index in [0.29, 0.717) is 5.95 Å². The summed E-state index contributed by atoms with van der Waals surface area (Å²) in [5.74, 6) is 0.669. The summed E-state index contributed by atoms with van der Waals surface area (Å²) in [5.41, 5.74) is 8.32. The maximum atomic E-state index is 5.57. The summed E-state index contributed by atoms with van der Waals surface area (Å²) < 4.78 is 7.18. The van der Waals surface area contributed by atoms with Crippen LogP contribution in [0.5, 0.6) is 0 Å². The normalized spacial score (nSPS) is 12.1. The number of hydrogen-bond acceptors (Lipinski definition) is 3. The highest BCUT2D eigenvalue weighted by Crippen LogP contribution is 2.48. The molecule has 5 heteroatoms. The molecule has 0 spiro atoms. The molecule has 4 heterocycles. The Bertz CT molecular complexity index is 3100. The van der Waals surface area contributed by atoms with Crippen LogP contribution in [-0.4, -0.2) is 19.1 Å². The lowest BCUT2D eigenvalue weighted by Gasteiger charge is -2.13. The van der Waals surface area contributed by atoms with E-state index in [9.17, 15) is 0 Å². The summed E-state index contributed by atoms with van der Waals surface area (Å²) in [7, 11) is 0. The van der Waals surface area contributed by atoms with Crippen molar-refractivity contribution in [2.45, 2.75) is 0 Å². The van der Waals surface area contributed by atoms with Gasteiger partial charge in [0.05, 0.1) is 26.8 Å². The predicted octanol–water partition coefficient (Wildman–Crippen LogP) is 11.9. The van der Waals surface area contributed by atoms with E-state index in [1.54, 1.807) is 0 Å². The molecule has 11 rings (SSSR count). The van der Waals surface area contributed by atoms with Gasteiger partial charge in [-0.1, -0.05) is 127 Å². The molecule has 0 aliphatic carbocycles. The highest BCUT2D eigenvalue weighted by molar-refractivity contribution is 7.27. The van der Waals surface area contributed by atoms with E-state index in [4.69, 9.17) is 9.97 Å². The lowest BCUT2D eigenvalue weighted by Crippen LogP contribution is -2.05. The summed E-state index contributed by atoms with van der Waals surface area (Å²) in [5, 5.41) is 8.63. The van der Waals surface area contributed by atoms with Crippen molar-refractivity contribution in [2.24, 2.45) is 0 Å². The van der Waals surface area contributed by atoms with Crippen molar-refractivity contribution < 1.29 is 0 Å². The summed E-state index contributed by atoms with van der Waals surface area (Å²) in [4.78, 5) is 11.1. The Labute approximate surface area is 284 Å². The molecule has 0 unspecified atom stereocenters. The highest BCUT2D eigenvalue weighted by Gasteiger charge is 2.25. The Balaban J connectivity index is 1.38. The van der Waals surface area contributed by atoms with E-state index in [-0.39, 0.29) is 0 Å². The van der Waals surface area contributed by atoms with Crippen LogP contribution in [0.3, 0.4) is 0 Å². The minimum Gasteiger partial charge on any atom is -0.306 e.